The van der Waals surface area contributed by atoms with Gasteiger partial charge in [-0.15, -0.1) is 0 Å². The molecule has 0 saturated carbocycles. The molecule has 108 valence electrons. The van der Waals surface area contributed by atoms with Gasteiger partial charge in [-0.05, 0) is 45.6 Å². The van der Waals surface area contributed by atoms with Crippen LogP contribution in [-0.4, -0.2) is 59.5 Å². The number of hydrogen-bond donors (Lipinski definition) is 3. The molecule has 3 unspecified atom stereocenters. The number of piperidine rings is 1. The van der Waals surface area contributed by atoms with Crippen LogP contribution < -0.4 is 5.32 Å². The highest BCUT2D eigenvalue weighted by atomic mass is 16.3. The summed E-state index contributed by atoms with van der Waals surface area (Å²) in [6, 6.07) is 0.970. The van der Waals surface area contributed by atoms with Gasteiger partial charge in [0.2, 0.25) is 0 Å². The quantitative estimate of drug-likeness (QED) is 0.592. The van der Waals surface area contributed by atoms with Crippen LogP contribution in [-0.2, 0) is 0 Å². The first kappa shape index (κ1) is 15.9. The van der Waals surface area contributed by atoms with Gasteiger partial charge in [-0.1, -0.05) is 6.92 Å². The van der Waals surface area contributed by atoms with Crippen molar-refractivity contribution in [3.05, 3.63) is 0 Å². The Morgan fingerprint density at radius 3 is 2.61 bits per heavy atom. The molecule has 18 heavy (non-hydrogen) atoms. The molecule has 1 fully saturated rings. The molecule has 1 heterocycles. The van der Waals surface area contributed by atoms with Gasteiger partial charge in [0.1, 0.15) is 0 Å². The molecular formula is C14H30N2O2. The fraction of sp³-hybridized carbons (Fsp3) is 1.00. The molecule has 0 bridgehead atoms. The van der Waals surface area contributed by atoms with E-state index >= 15 is 0 Å². The lowest BCUT2D eigenvalue weighted by molar-refractivity contribution is 0.0245. The number of likely N-dealkylation sites (tertiary alicyclic amines) is 1. The van der Waals surface area contributed by atoms with E-state index in [1.54, 1.807) is 0 Å². The fourth-order valence-corrected chi connectivity index (χ4v) is 2.74. The van der Waals surface area contributed by atoms with Crippen molar-refractivity contribution in [3.8, 4) is 0 Å². The van der Waals surface area contributed by atoms with Gasteiger partial charge in [-0.2, -0.15) is 0 Å². The van der Waals surface area contributed by atoms with E-state index < -0.39 is 0 Å². The Hall–Kier alpha value is -0.160. The highest BCUT2D eigenvalue weighted by Gasteiger charge is 2.31. The maximum Gasteiger partial charge on any atom is 0.0578 e. The van der Waals surface area contributed by atoms with Gasteiger partial charge in [-0.3, -0.25) is 4.90 Å². The van der Waals surface area contributed by atoms with Gasteiger partial charge in [0, 0.05) is 31.8 Å². The maximum absolute atomic E-state index is 10.1. The zero-order valence-corrected chi connectivity index (χ0v) is 12.1. The maximum atomic E-state index is 10.1. The Morgan fingerprint density at radius 1 is 1.33 bits per heavy atom. The zero-order valence-electron chi connectivity index (χ0n) is 12.1. The van der Waals surface area contributed by atoms with E-state index in [0.29, 0.717) is 18.0 Å². The SMILES string of the molecule is CCC(O)C1CC(NCCCO)CN(C(C)C)C1. The third-order valence-electron chi connectivity index (χ3n) is 3.97. The van der Waals surface area contributed by atoms with Crippen LogP contribution in [0.25, 0.3) is 0 Å². The predicted molar refractivity (Wildman–Crippen MR) is 74.6 cm³/mol. The zero-order chi connectivity index (χ0) is 13.5. The summed E-state index contributed by atoms with van der Waals surface area (Å²) < 4.78 is 0. The molecule has 4 nitrogen and oxygen atoms in total. The Balaban J connectivity index is 2.51. The molecule has 0 spiro atoms. The van der Waals surface area contributed by atoms with Crippen LogP contribution in [0, 0.1) is 5.92 Å². The van der Waals surface area contributed by atoms with E-state index in [9.17, 15) is 5.11 Å². The van der Waals surface area contributed by atoms with E-state index in [1.165, 1.54) is 0 Å². The van der Waals surface area contributed by atoms with E-state index in [2.05, 4.69) is 24.1 Å². The third-order valence-corrected chi connectivity index (χ3v) is 3.97. The topological polar surface area (TPSA) is 55.7 Å². The lowest BCUT2D eigenvalue weighted by Crippen LogP contribution is -2.53. The van der Waals surface area contributed by atoms with Crippen LogP contribution in [0.3, 0.4) is 0 Å². The van der Waals surface area contributed by atoms with Crippen LogP contribution >= 0.6 is 0 Å². The van der Waals surface area contributed by atoms with Crippen molar-refractivity contribution < 1.29 is 10.2 Å². The largest absolute Gasteiger partial charge is 0.396 e. The van der Waals surface area contributed by atoms with Gasteiger partial charge in [0.05, 0.1) is 6.10 Å². The Kier molecular flexibility index (Phi) is 7.15. The van der Waals surface area contributed by atoms with Crippen molar-refractivity contribution in [2.45, 2.75) is 58.2 Å². The summed E-state index contributed by atoms with van der Waals surface area (Å²) in [5.41, 5.74) is 0. The van der Waals surface area contributed by atoms with Gasteiger partial charge in [0.25, 0.3) is 0 Å². The molecule has 1 saturated heterocycles. The second-order valence-electron chi connectivity index (χ2n) is 5.75. The lowest BCUT2D eigenvalue weighted by atomic mass is 9.87. The highest BCUT2D eigenvalue weighted by molar-refractivity contribution is 4.87. The summed E-state index contributed by atoms with van der Waals surface area (Å²) in [5, 5.41) is 22.4. The summed E-state index contributed by atoms with van der Waals surface area (Å²) in [7, 11) is 0. The van der Waals surface area contributed by atoms with Gasteiger partial charge < -0.3 is 15.5 Å². The third kappa shape index (κ3) is 4.84. The first-order valence-electron chi connectivity index (χ1n) is 7.34. The van der Waals surface area contributed by atoms with Gasteiger partial charge in [0.15, 0.2) is 0 Å². The normalized spacial score (nSPS) is 27.7. The molecule has 0 aromatic rings. The minimum atomic E-state index is -0.186. The number of nitrogens with one attached hydrogen (secondary N) is 1. The number of aliphatic hydroxyl groups excluding tert-OH is 2. The van der Waals surface area contributed by atoms with E-state index in [-0.39, 0.29) is 12.7 Å². The predicted octanol–water partition coefficient (Wildman–Crippen LogP) is 0.828. The second-order valence-corrected chi connectivity index (χ2v) is 5.75. The second kappa shape index (κ2) is 8.10. The smallest absolute Gasteiger partial charge is 0.0578 e. The summed E-state index contributed by atoms with van der Waals surface area (Å²) in [5.74, 6) is 0.373. The number of hydrogen-bond acceptors (Lipinski definition) is 4. The molecule has 0 amide bonds. The highest BCUT2D eigenvalue weighted by Crippen LogP contribution is 2.23. The first-order chi connectivity index (χ1) is 8.58. The van der Waals surface area contributed by atoms with Gasteiger partial charge in [-0.25, -0.2) is 0 Å². The van der Waals surface area contributed by atoms with Crippen molar-refractivity contribution in [2.75, 3.05) is 26.2 Å². The van der Waals surface area contributed by atoms with Crippen molar-refractivity contribution in [1.29, 1.82) is 0 Å². The molecule has 0 aliphatic carbocycles. The van der Waals surface area contributed by atoms with E-state index in [0.717, 1.165) is 38.9 Å². The van der Waals surface area contributed by atoms with Crippen LogP contribution in [0.2, 0.25) is 0 Å². The Morgan fingerprint density at radius 2 is 2.06 bits per heavy atom. The Bertz CT molecular complexity index is 224. The van der Waals surface area contributed by atoms with E-state index in [4.69, 9.17) is 5.11 Å². The monoisotopic (exact) mass is 258 g/mol. The molecule has 0 aromatic heterocycles. The molecular weight excluding hydrogens is 228 g/mol. The number of rotatable bonds is 7. The van der Waals surface area contributed by atoms with Crippen molar-refractivity contribution >= 4 is 0 Å². The Labute approximate surface area is 111 Å². The summed E-state index contributed by atoms with van der Waals surface area (Å²) in [4.78, 5) is 2.45. The molecule has 1 aliphatic rings. The molecule has 0 aromatic carbocycles. The molecule has 3 N–H and O–H groups in total. The first-order valence-corrected chi connectivity index (χ1v) is 7.34. The summed E-state index contributed by atoms with van der Waals surface area (Å²) in [6.45, 7) is 9.64. The fourth-order valence-electron chi connectivity index (χ4n) is 2.74. The lowest BCUT2D eigenvalue weighted by Gasteiger charge is -2.42. The van der Waals surface area contributed by atoms with Crippen LogP contribution in [0.5, 0.6) is 0 Å². The molecule has 4 heteroatoms. The van der Waals surface area contributed by atoms with Crippen molar-refractivity contribution in [2.24, 2.45) is 5.92 Å². The van der Waals surface area contributed by atoms with Crippen LogP contribution in [0.15, 0.2) is 0 Å². The molecule has 0 radical (unpaired) electrons. The standard InChI is InChI=1S/C14H30N2O2/c1-4-14(18)12-8-13(15-6-5-7-17)10-16(9-12)11(2)3/h11-15,17-18H,4-10H2,1-3H3. The minimum Gasteiger partial charge on any atom is -0.396 e. The number of nitrogens with zero attached hydrogens (tertiary/aromatic N) is 1. The minimum absolute atomic E-state index is 0.186. The molecule has 1 rings (SSSR count). The number of aliphatic hydroxyl groups is 2. The molecule has 1 aliphatic heterocycles. The van der Waals surface area contributed by atoms with Crippen molar-refractivity contribution in [3.63, 3.8) is 0 Å². The van der Waals surface area contributed by atoms with Crippen LogP contribution in [0.4, 0.5) is 0 Å². The van der Waals surface area contributed by atoms with Crippen molar-refractivity contribution in [1.82, 2.24) is 10.2 Å². The average Bonchev–Trinajstić information content (AvgIpc) is 2.37. The summed E-state index contributed by atoms with van der Waals surface area (Å²) >= 11 is 0. The van der Waals surface area contributed by atoms with Crippen LogP contribution in [0.1, 0.15) is 40.0 Å². The summed E-state index contributed by atoms with van der Waals surface area (Å²) in [6.07, 6.45) is 2.50. The van der Waals surface area contributed by atoms with Gasteiger partial charge >= 0.3 is 0 Å². The molecule has 3 atom stereocenters. The average molecular weight is 258 g/mol. The van der Waals surface area contributed by atoms with E-state index in [1.807, 2.05) is 6.92 Å².